The Morgan fingerprint density at radius 3 is 2.61 bits per heavy atom. The minimum absolute atomic E-state index is 0.178. The summed E-state index contributed by atoms with van der Waals surface area (Å²) in [6.07, 6.45) is 0.178. The molecule has 2 saturated heterocycles. The average Bonchev–Trinajstić information content (AvgIpc) is 3.25. The second-order valence-corrected chi connectivity index (χ2v) is 8.91. The van der Waals surface area contributed by atoms with Crippen molar-refractivity contribution in [2.45, 2.75) is 19.0 Å². The van der Waals surface area contributed by atoms with E-state index in [1.807, 2.05) is 36.4 Å². The van der Waals surface area contributed by atoms with Crippen LogP contribution in [0.4, 0.5) is 16.2 Å². The lowest BCUT2D eigenvalue weighted by atomic mass is 9.68. The molecule has 4 heterocycles. The Morgan fingerprint density at radius 2 is 1.79 bits per heavy atom. The Morgan fingerprint density at radius 1 is 1.00 bits per heavy atom. The molecular weight excluding hydrogens is 426 g/mol. The maximum Gasteiger partial charge on any atom is 0.328 e. The lowest BCUT2D eigenvalue weighted by Gasteiger charge is -2.54. The highest BCUT2D eigenvalue weighted by Gasteiger charge is 2.60. The number of piperazine rings is 1. The van der Waals surface area contributed by atoms with Crippen molar-refractivity contribution in [1.82, 2.24) is 15.5 Å². The van der Waals surface area contributed by atoms with Crippen molar-refractivity contribution in [2.24, 2.45) is 5.41 Å². The van der Waals surface area contributed by atoms with E-state index in [4.69, 9.17) is 15.2 Å². The van der Waals surface area contributed by atoms with Crippen LogP contribution in [-0.4, -0.2) is 55.2 Å². The summed E-state index contributed by atoms with van der Waals surface area (Å²) in [5.41, 5.74) is 8.00. The first-order valence-corrected chi connectivity index (χ1v) is 10.9. The van der Waals surface area contributed by atoms with Gasteiger partial charge in [-0.05, 0) is 47.9 Å². The largest absolute Gasteiger partial charge is 0.454 e. The van der Waals surface area contributed by atoms with Crippen molar-refractivity contribution in [3.05, 3.63) is 47.5 Å². The number of rotatable bonds is 2. The molecule has 0 aromatic heterocycles. The molecule has 6 rings (SSSR count). The number of amides is 4. The predicted octanol–water partition coefficient (Wildman–Crippen LogP) is 0.597. The summed E-state index contributed by atoms with van der Waals surface area (Å²) in [4.78, 5) is 42.6. The Kier molecular flexibility index (Phi) is 4.28. The molecule has 4 aliphatic rings. The number of nitrogens with two attached hydrogens (primary N) is 1. The van der Waals surface area contributed by atoms with Crippen LogP contribution in [0.25, 0.3) is 0 Å². The van der Waals surface area contributed by atoms with Gasteiger partial charge in [0, 0.05) is 37.6 Å². The summed E-state index contributed by atoms with van der Waals surface area (Å²) < 4.78 is 10.9. The minimum Gasteiger partial charge on any atom is -0.454 e. The monoisotopic (exact) mass is 449 g/mol. The number of hydrogen-bond donors (Lipinski definition) is 3. The zero-order chi connectivity index (χ0) is 22.7. The van der Waals surface area contributed by atoms with Crippen LogP contribution >= 0.6 is 0 Å². The van der Waals surface area contributed by atoms with Gasteiger partial charge in [0.25, 0.3) is 0 Å². The number of anilines is 2. The number of fused-ring (bicyclic) bond motifs is 5. The number of ether oxygens (including phenoxy) is 2. The van der Waals surface area contributed by atoms with Crippen LogP contribution in [0.3, 0.4) is 0 Å². The van der Waals surface area contributed by atoms with Gasteiger partial charge in [-0.2, -0.15) is 0 Å². The first-order chi connectivity index (χ1) is 15.9. The van der Waals surface area contributed by atoms with Crippen molar-refractivity contribution < 1.29 is 23.9 Å². The minimum atomic E-state index is -1.43. The highest BCUT2D eigenvalue weighted by molar-refractivity contribution is 6.20. The number of carbonyl (C=O) groups excluding carboxylic acids is 3. The number of benzene rings is 2. The summed E-state index contributed by atoms with van der Waals surface area (Å²) in [7, 11) is 0. The molecule has 1 atom stereocenters. The highest BCUT2D eigenvalue weighted by atomic mass is 16.7. The number of imide groups is 2. The van der Waals surface area contributed by atoms with Gasteiger partial charge in [-0.3, -0.25) is 25.1 Å². The first-order valence-electron chi connectivity index (χ1n) is 10.9. The van der Waals surface area contributed by atoms with Gasteiger partial charge in [0.2, 0.25) is 18.6 Å². The quantitative estimate of drug-likeness (QED) is 0.450. The smallest absolute Gasteiger partial charge is 0.328 e. The normalized spacial score (nSPS) is 23.1. The molecule has 10 nitrogen and oxygen atoms in total. The van der Waals surface area contributed by atoms with Gasteiger partial charge in [0.15, 0.2) is 16.9 Å². The first kappa shape index (κ1) is 19.9. The number of nitrogens with zero attached hydrogens (tertiary/aromatic N) is 2. The van der Waals surface area contributed by atoms with E-state index in [1.165, 1.54) is 0 Å². The molecule has 4 aliphatic heterocycles. The van der Waals surface area contributed by atoms with Crippen molar-refractivity contribution in [3.63, 3.8) is 0 Å². The molecule has 170 valence electrons. The molecule has 4 amide bonds. The third-order valence-electron chi connectivity index (χ3n) is 7.02. The SMILES string of the molecule is Nc1ccc2c(c1)CC1(C(=O)NC(=O)NC1=O)[C@H]1CN(Cc3ccc4c(c3)OCO4)CCN21. The molecule has 2 fully saturated rings. The van der Waals surface area contributed by atoms with Crippen molar-refractivity contribution >= 4 is 29.2 Å². The molecule has 0 radical (unpaired) electrons. The zero-order valence-electron chi connectivity index (χ0n) is 17.8. The molecule has 33 heavy (non-hydrogen) atoms. The maximum absolute atomic E-state index is 13.2. The lowest BCUT2D eigenvalue weighted by molar-refractivity contribution is -0.147. The van der Waals surface area contributed by atoms with Crippen LogP contribution in [0.1, 0.15) is 11.1 Å². The number of hydrogen-bond acceptors (Lipinski definition) is 8. The summed E-state index contributed by atoms with van der Waals surface area (Å²) in [6, 6.07) is 10.2. The predicted molar refractivity (Wildman–Crippen MR) is 118 cm³/mol. The van der Waals surface area contributed by atoms with Gasteiger partial charge < -0.3 is 20.1 Å². The van der Waals surface area contributed by atoms with Crippen molar-refractivity contribution in [2.75, 3.05) is 37.1 Å². The maximum atomic E-state index is 13.2. The standard InChI is InChI=1S/C23H23N5O5/c24-15-2-3-16-14(8-15)9-23(20(29)25-22(31)26-21(23)30)19-11-27(5-6-28(16)19)10-13-1-4-17-18(7-13)33-12-32-17/h1-4,7-8,19H,5-6,9-12,24H2,(H2,25,26,29,30,31)/t19-/m1/s1. The third kappa shape index (κ3) is 3.01. The van der Waals surface area contributed by atoms with Gasteiger partial charge >= 0.3 is 6.03 Å². The number of nitrogens with one attached hydrogen (secondary N) is 2. The summed E-state index contributed by atoms with van der Waals surface area (Å²) in [5, 5.41) is 4.65. The van der Waals surface area contributed by atoms with Gasteiger partial charge in [-0.25, -0.2) is 4.79 Å². The van der Waals surface area contributed by atoms with Crippen molar-refractivity contribution in [1.29, 1.82) is 0 Å². The van der Waals surface area contributed by atoms with Crippen LogP contribution < -0.4 is 30.7 Å². The number of barbiturate groups is 1. The third-order valence-corrected chi connectivity index (χ3v) is 7.02. The van der Waals surface area contributed by atoms with Crippen molar-refractivity contribution in [3.8, 4) is 11.5 Å². The molecular formula is C23H23N5O5. The zero-order valence-corrected chi connectivity index (χ0v) is 17.8. The molecule has 2 aromatic carbocycles. The summed E-state index contributed by atoms with van der Waals surface area (Å²) >= 11 is 0. The van der Waals surface area contributed by atoms with E-state index in [1.54, 1.807) is 0 Å². The van der Waals surface area contributed by atoms with Gasteiger partial charge in [-0.1, -0.05) is 6.07 Å². The molecule has 0 aliphatic carbocycles. The van der Waals surface area contributed by atoms with Crippen LogP contribution in [0, 0.1) is 5.41 Å². The topological polar surface area (TPSA) is 126 Å². The number of urea groups is 1. The molecule has 4 N–H and O–H groups in total. The fourth-order valence-corrected chi connectivity index (χ4v) is 5.46. The van der Waals surface area contributed by atoms with Gasteiger partial charge in [0.1, 0.15) is 0 Å². The fraction of sp³-hybridized carbons (Fsp3) is 0.348. The second-order valence-electron chi connectivity index (χ2n) is 8.91. The second kappa shape index (κ2) is 7.11. The molecule has 1 spiro atoms. The van der Waals surface area contributed by atoms with Gasteiger partial charge in [-0.15, -0.1) is 0 Å². The van der Waals surface area contributed by atoms with E-state index >= 15 is 0 Å². The molecule has 0 unspecified atom stereocenters. The van der Waals surface area contributed by atoms with E-state index in [9.17, 15) is 14.4 Å². The average molecular weight is 449 g/mol. The van der Waals surface area contributed by atoms with Crippen LogP contribution in [0.5, 0.6) is 11.5 Å². The van der Waals surface area contributed by atoms with Crippen LogP contribution in [-0.2, 0) is 22.6 Å². The van der Waals surface area contributed by atoms with E-state index in [-0.39, 0.29) is 13.2 Å². The molecule has 0 saturated carbocycles. The van der Waals surface area contributed by atoms with E-state index in [2.05, 4.69) is 20.4 Å². The Bertz CT molecular complexity index is 1180. The molecule has 10 heteroatoms. The highest BCUT2D eigenvalue weighted by Crippen LogP contribution is 2.45. The molecule has 2 aromatic rings. The lowest BCUT2D eigenvalue weighted by Crippen LogP contribution is -2.74. The number of nitrogen functional groups attached to an aromatic ring is 1. The van der Waals surface area contributed by atoms with E-state index < -0.39 is 29.3 Å². The van der Waals surface area contributed by atoms with Gasteiger partial charge in [0.05, 0.1) is 6.04 Å². The van der Waals surface area contributed by atoms with Crippen LogP contribution in [0.15, 0.2) is 36.4 Å². The van der Waals surface area contributed by atoms with E-state index in [0.717, 1.165) is 34.9 Å². The van der Waals surface area contributed by atoms with Crippen LogP contribution in [0.2, 0.25) is 0 Å². The Labute approximate surface area is 189 Å². The summed E-state index contributed by atoms with van der Waals surface area (Å²) in [6.45, 7) is 2.70. The molecule has 0 bridgehead atoms. The Hall–Kier alpha value is -3.79. The summed E-state index contributed by atoms with van der Waals surface area (Å²) in [5.74, 6) is 0.316. The number of carbonyl (C=O) groups is 3. The fourth-order valence-electron chi connectivity index (χ4n) is 5.46. The van der Waals surface area contributed by atoms with E-state index in [0.29, 0.717) is 25.3 Å². The Balaban J connectivity index is 1.35.